The highest BCUT2D eigenvalue weighted by atomic mass is 32.2. The molecule has 3 aromatic rings. The van der Waals surface area contributed by atoms with E-state index in [2.05, 4.69) is 36.9 Å². The van der Waals surface area contributed by atoms with E-state index in [0.29, 0.717) is 30.0 Å². The van der Waals surface area contributed by atoms with E-state index in [0.717, 1.165) is 35.6 Å². The van der Waals surface area contributed by atoms with Gasteiger partial charge in [-0.15, -0.1) is 18.3 Å². The SMILES string of the molecule is C=N/N=C(/CCCCc1ccc(Cc2cccc(OC(F)(F)F)c2)cn1)SCNC(=O)Cc1ccccn1. The first-order valence-electron chi connectivity index (χ1n) is 11.9. The summed E-state index contributed by atoms with van der Waals surface area (Å²) in [6.07, 6.45) is 2.57. The molecule has 7 nitrogen and oxygen atoms in total. The number of hydrogen-bond donors (Lipinski definition) is 1. The fraction of sp³-hybridized carbons (Fsp3) is 0.296. The van der Waals surface area contributed by atoms with Crippen LogP contribution in [0.25, 0.3) is 0 Å². The zero-order chi connectivity index (χ0) is 27.2. The maximum absolute atomic E-state index is 12.4. The van der Waals surface area contributed by atoms with Gasteiger partial charge in [0.1, 0.15) is 5.75 Å². The minimum Gasteiger partial charge on any atom is -0.406 e. The number of ether oxygens (including phenoxy) is 1. The summed E-state index contributed by atoms with van der Waals surface area (Å²) in [5.41, 5.74) is 3.24. The molecule has 2 heterocycles. The van der Waals surface area contributed by atoms with Crippen LogP contribution in [0.2, 0.25) is 0 Å². The summed E-state index contributed by atoms with van der Waals surface area (Å²) < 4.78 is 41.3. The van der Waals surface area contributed by atoms with Crippen molar-refractivity contribution in [1.82, 2.24) is 15.3 Å². The highest BCUT2D eigenvalue weighted by Crippen LogP contribution is 2.24. The van der Waals surface area contributed by atoms with E-state index in [-0.39, 0.29) is 18.1 Å². The number of aromatic nitrogens is 2. The number of thioether (sulfide) groups is 1. The second kappa shape index (κ2) is 14.9. The summed E-state index contributed by atoms with van der Waals surface area (Å²) in [5.74, 6) is 0.0343. The molecule has 1 aromatic carbocycles. The Bertz CT molecular complexity index is 1210. The van der Waals surface area contributed by atoms with Crippen molar-refractivity contribution in [3.63, 3.8) is 0 Å². The van der Waals surface area contributed by atoms with Gasteiger partial charge in [0.05, 0.1) is 17.3 Å². The van der Waals surface area contributed by atoms with Gasteiger partial charge in [0.15, 0.2) is 0 Å². The van der Waals surface area contributed by atoms with Gasteiger partial charge in [-0.2, -0.15) is 5.10 Å². The monoisotopic (exact) mass is 543 g/mol. The van der Waals surface area contributed by atoms with Crippen molar-refractivity contribution < 1.29 is 22.7 Å². The number of halogens is 3. The number of alkyl halides is 3. The third-order valence-corrected chi connectivity index (χ3v) is 6.17. The van der Waals surface area contributed by atoms with E-state index in [1.807, 2.05) is 18.2 Å². The molecule has 11 heteroatoms. The first kappa shape index (κ1) is 28.8. The minimum atomic E-state index is -4.72. The Labute approximate surface area is 223 Å². The number of aryl methyl sites for hydroxylation is 1. The van der Waals surface area contributed by atoms with Crippen LogP contribution in [0, 0.1) is 0 Å². The number of carbonyl (C=O) groups is 1. The largest absolute Gasteiger partial charge is 0.573 e. The Morgan fingerprint density at radius 3 is 2.61 bits per heavy atom. The number of pyridine rings is 2. The van der Waals surface area contributed by atoms with Crippen molar-refractivity contribution in [1.29, 1.82) is 0 Å². The van der Waals surface area contributed by atoms with Crippen LogP contribution >= 0.6 is 11.8 Å². The van der Waals surface area contributed by atoms with Crippen molar-refractivity contribution in [2.75, 3.05) is 5.88 Å². The van der Waals surface area contributed by atoms with Crippen LogP contribution in [0.4, 0.5) is 13.2 Å². The molecule has 0 spiro atoms. The smallest absolute Gasteiger partial charge is 0.406 e. The van der Waals surface area contributed by atoms with Gasteiger partial charge in [-0.1, -0.05) is 36.0 Å². The molecule has 0 fully saturated rings. The second-order valence-corrected chi connectivity index (χ2v) is 9.31. The van der Waals surface area contributed by atoms with E-state index in [4.69, 9.17) is 0 Å². The molecule has 1 N–H and O–H groups in total. The summed E-state index contributed by atoms with van der Waals surface area (Å²) in [6.45, 7) is 3.42. The van der Waals surface area contributed by atoms with E-state index >= 15 is 0 Å². The zero-order valence-electron chi connectivity index (χ0n) is 20.7. The van der Waals surface area contributed by atoms with Crippen molar-refractivity contribution in [2.24, 2.45) is 10.2 Å². The topological polar surface area (TPSA) is 88.8 Å². The van der Waals surface area contributed by atoms with Gasteiger partial charge >= 0.3 is 6.36 Å². The standard InChI is InChI=1S/C27H28F3N5O2S/c1-31-35-26(38-19-34-25(36)17-23-9-4-5-14-32-23)11-3-2-8-22-13-12-21(18-33-22)15-20-7-6-10-24(16-20)37-27(28,29)30/h4-7,9-10,12-14,16,18H,1-3,8,11,15,17,19H2,(H,34,36)/b35-26-. The van der Waals surface area contributed by atoms with E-state index in [1.165, 1.54) is 30.0 Å². The van der Waals surface area contributed by atoms with Gasteiger partial charge in [-0.05, 0) is 73.6 Å². The minimum absolute atomic E-state index is 0.112. The highest BCUT2D eigenvalue weighted by molar-refractivity contribution is 8.13. The Balaban J connectivity index is 1.37. The van der Waals surface area contributed by atoms with Crippen LogP contribution in [0.5, 0.6) is 5.75 Å². The van der Waals surface area contributed by atoms with Gasteiger partial charge in [0, 0.05) is 30.5 Å². The summed E-state index contributed by atoms with van der Waals surface area (Å²) in [5, 5.41) is 11.3. The van der Waals surface area contributed by atoms with Gasteiger partial charge < -0.3 is 10.1 Å². The van der Waals surface area contributed by atoms with Crippen LogP contribution in [-0.4, -0.2) is 39.9 Å². The number of nitrogens with zero attached hydrogens (tertiary/aromatic N) is 4. The lowest BCUT2D eigenvalue weighted by Gasteiger charge is -2.10. The molecule has 38 heavy (non-hydrogen) atoms. The molecule has 0 aliphatic heterocycles. The number of hydrogen-bond acceptors (Lipinski definition) is 7. The molecule has 2 aromatic heterocycles. The molecule has 0 saturated heterocycles. The van der Waals surface area contributed by atoms with E-state index in [1.54, 1.807) is 30.6 Å². The Kier molecular flexibility index (Phi) is 11.3. The van der Waals surface area contributed by atoms with Crippen molar-refractivity contribution in [2.45, 2.75) is 44.9 Å². The molecule has 0 atom stereocenters. The molecule has 0 saturated carbocycles. The van der Waals surface area contributed by atoms with Crippen LogP contribution in [0.15, 0.2) is 77.2 Å². The van der Waals surface area contributed by atoms with Crippen LogP contribution in [0.3, 0.4) is 0 Å². The lowest BCUT2D eigenvalue weighted by molar-refractivity contribution is -0.274. The van der Waals surface area contributed by atoms with Gasteiger partial charge in [-0.3, -0.25) is 14.8 Å². The maximum atomic E-state index is 12.4. The highest BCUT2D eigenvalue weighted by Gasteiger charge is 2.31. The maximum Gasteiger partial charge on any atom is 0.573 e. The first-order chi connectivity index (χ1) is 18.3. The quantitative estimate of drug-likeness (QED) is 0.0976. The number of rotatable bonds is 13. The fourth-order valence-corrected chi connectivity index (χ4v) is 4.34. The predicted octanol–water partition coefficient (Wildman–Crippen LogP) is 5.74. The molecule has 0 aliphatic rings. The summed E-state index contributed by atoms with van der Waals surface area (Å²) in [7, 11) is 0. The third-order valence-electron chi connectivity index (χ3n) is 5.26. The molecule has 0 bridgehead atoms. The molecule has 3 rings (SSSR count). The van der Waals surface area contributed by atoms with Crippen molar-refractivity contribution >= 4 is 29.4 Å². The lowest BCUT2D eigenvalue weighted by atomic mass is 10.1. The molecular formula is C27H28F3N5O2S. The van der Waals surface area contributed by atoms with Gasteiger partial charge in [-0.25, -0.2) is 0 Å². The first-order valence-corrected chi connectivity index (χ1v) is 12.9. The Hall–Kier alpha value is -3.73. The lowest BCUT2D eigenvalue weighted by Crippen LogP contribution is -2.25. The Morgan fingerprint density at radius 1 is 1.03 bits per heavy atom. The average Bonchev–Trinajstić information content (AvgIpc) is 2.87. The molecule has 200 valence electrons. The fourth-order valence-electron chi connectivity index (χ4n) is 3.54. The summed E-state index contributed by atoms with van der Waals surface area (Å²) in [6, 6.07) is 15.2. The number of unbranched alkanes of at least 4 members (excludes halogenated alkanes) is 1. The molecule has 0 radical (unpaired) electrons. The van der Waals surface area contributed by atoms with Crippen LogP contribution in [0.1, 0.15) is 41.8 Å². The molecule has 1 amide bonds. The summed E-state index contributed by atoms with van der Waals surface area (Å²) in [4.78, 5) is 20.7. The predicted molar refractivity (Wildman–Crippen MR) is 143 cm³/mol. The Morgan fingerprint density at radius 2 is 1.89 bits per heavy atom. The van der Waals surface area contributed by atoms with Crippen molar-refractivity contribution in [3.8, 4) is 5.75 Å². The second-order valence-electron chi connectivity index (χ2n) is 8.26. The van der Waals surface area contributed by atoms with Gasteiger partial charge in [0.2, 0.25) is 5.91 Å². The van der Waals surface area contributed by atoms with Crippen molar-refractivity contribution in [3.05, 3.63) is 89.5 Å². The van der Waals surface area contributed by atoms with Crippen LogP contribution < -0.4 is 10.1 Å². The van der Waals surface area contributed by atoms with Gasteiger partial charge in [0.25, 0.3) is 0 Å². The number of carbonyl (C=O) groups excluding carboxylic acids is 1. The van der Waals surface area contributed by atoms with E-state index in [9.17, 15) is 18.0 Å². The number of benzene rings is 1. The molecular weight excluding hydrogens is 515 g/mol. The number of amides is 1. The normalized spacial score (nSPS) is 11.7. The van der Waals surface area contributed by atoms with Crippen LogP contribution in [-0.2, 0) is 24.1 Å². The average molecular weight is 544 g/mol. The number of nitrogens with one attached hydrogen (secondary N) is 1. The zero-order valence-corrected chi connectivity index (χ0v) is 21.5. The summed E-state index contributed by atoms with van der Waals surface area (Å²) >= 11 is 1.41. The molecule has 0 unspecified atom stereocenters. The molecule has 0 aliphatic carbocycles. The third kappa shape index (κ3) is 11.1. The van der Waals surface area contributed by atoms with E-state index < -0.39 is 6.36 Å².